The number of sulfone groups is 1. The van der Waals surface area contributed by atoms with Crippen LogP contribution in [0.25, 0.3) is 10.2 Å². The molecule has 1 aromatic heterocycles. The van der Waals surface area contributed by atoms with Crippen LogP contribution < -0.4 is 5.32 Å². The van der Waals surface area contributed by atoms with E-state index in [9.17, 15) is 8.42 Å². The number of anilines is 1. The first kappa shape index (κ1) is 12.8. The molecule has 1 N–H and O–H groups in total. The van der Waals surface area contributed by atoms with Crippen molar-refractivity contribution in [2.24, 2.45) is 0 Å². The number of nitrogens with zero attached hydrogens (tertiary/aromatic N) is 1. The van der Waals surface area contributed by atoms with Gasteiger partial charge in [-0.15, -0.1) is 0 Å². The number of rotatable bonds is 4. The molecule has 7 heteroatoms. The summed E-state index contributed by atoms with van der Waals surface area (Å²) >= 11 is 4.91. The molecule has 2 aromatic rings. The van der Waals surface area contributed by atoms with Gasteiger partial charge in [-0.3, -0.25) is 0 Å². The summed E-state index contributed by atoms with van der Waals surface area (Å²) in [5, 5.41) is 3.77. The zero-order valence-electron chi connectivity index (χ0n) is 9.10. The Morgan fingerprint density at radius 2 is 2.24 bits per heavy atom. The van der Waals surface area contributed by atoms with Crippen LogP contribution >= 0.6 is 27.3 Å². The molecule has 0 saturated heterocycles. The predicted octanol–water partition coefficient (Wildman–Crippen LogP) is 2.52. The highest BCUT2D eigenvalue weighted by molar-refractivity contribution is 9.10. The zero-order chi connectivity index (χ0) is 12.5. The van der Waals surface area contributed by atoms with Crippen LogP contribution in [0, 0.1) is 0 Å². The number of benzene rings is 1. The lowest BCUT2D eigenvalue weighted by Crippen LogP contribution is -2.13. The minimum Gasteiger partial charge on any atom is -0.360 e. The molecule has 0 amide bonds. The van der Waals surface area contributed by atoms with Gasteiger partial charge in [0, 0.05) is 17.3 Å². The third-order valence-electron chi connectivity index (χ3n) is 2.10. The molecule has 0 fully saturated rings. The Kier molecular flexibility index (Phi) is 3.70. The zero-order valence-corrected chi connectivity index (χ0v) is 12.3. The summed E-state index contributed by atoms with van der Waals surface area (Å²) in [5.74, 6) is 0.118. The van der Waals surface area contributed by atoms with Gasteiger partial charge in [0.2, 0.25) is 0 Å². The minimum absolute atomic E-state index is 0.118. The van der Waals surface area contributed by atoms with Gasteiger partial charge in [-0.25, -0.2) is 13.4 Å². The highest BCUT2D eigenvalue weighted by Crippen LogP contribution is 2.28. The summed E-state index contributed by atoms with van der Waals surface area (Å²) in [7, 11) is -2.92. The molecule has 0 atom stereocenters. The molecule has 0 bridgehead atoms. The maximum atomic E-state index is 11.0. The summed E-state index contributed by atoms with van der Waals surface area (Å²) in [6.07, 6.45) is 1.23. The number of nitrogens with one attached hydrogen (secondary N) is 1. The van der Waals surface area contributed by atoms with Crippen LogP contribution in [-0.4, -0.2) is 32.0 Å². The van der Waals surface area contributed by atoms with Gasteiger partial charge in [-0.1, -0.05) is 27.3 Å². The lowest BCUT2D eigenvalue weighted by Gasteiger charge is -1.99. The highest BCUT2D eigenvalue weighted by atomic mass is 79.9. The molecule has 0 unspecified atom stereocenters. The van der Waals surface area contributed by atoms with Crippen LogP contribution in [0.1, 0.15) is 0 Å². The lowest BCUT2D eigenvalue weighted by molar-refractivity contribution is 0.602. The van der Waals surface area contributed by atoms with Crippen LogP contribution in [-0.2, 0) is 9.84 Å². The second kappa shape index (κ2) is 4.91. The molecule has 0 saturated carbocycles. The van der Waals surface area contributed by atoms with E-state index in [2.05, 4.69) is 26.2 Å². The quantitative estimate of drug-likeness (QED) is 0.933. The molecule has 0 aliphatic heterocycles. The van der Waals surface area contributed by atoms with E-state index in [-0.39, 0.29) is 5.75 Å². The van der Waals surface area contributed by atoms with E-state index in [1.165, 1.54) is 17.6 Å². The number of thiazole rings is 1. The SMILES string of the molecule is CS(=O)(=O)CCNc1nc2ccc(Br)cc2s1. The Balaban J connectivity index is 2.09. The average molecular weight is 335 g/mol. The fourth-order valence-electron chi connectivity index (χ4n) is 1.32. The first-order valence-corrected chi connectivity index (χ1v) is 8.59. The Labute approximate surface area is 112 Å². The Morgan fingerprint density at radius 3 is 2.94 bits per heavy atom. The predicted molar refractivity (Wildman–Crippen MR) is 75.5 cm³/mol. The first-order valence-electron chi connectivity index (χ1n) is 4.92. The molecule has 0 aliphatic carbocycles. The van der Waals surface area contributed by atoms with Gasteiger partial charge in [0.25, 0.3) is 0 Å². The summed E-state index contributed by atoms with van der Waals surface area (Å²) < 4.78 is 24.0. The smallest absolute Gasteiger partial charge is 0.183 e. The van der Waals surface area contributed by atoms with Gasteiger partial charge in [-0.05, 0) is 18.2 Å². The van der Waals surface area contributed by atoms with E-state index < -0.39 is 9.84 Å². The van der Waals surface area contributed by atoms with E-state index in [1.807, 2.05) is 18.2 Å². The van der Waals surface area contributed by atoms with Crippen molar-refractivity contribution in [3.05, 3.63) is 22.7 Å². The van der Waals surface area contributed by atoms with Gasteiger partial charge in [-0.2, -0.15) is 0 Å². The van der Waals surface area contributed by atoms with Crippen LogP contribution in [0.3, 0.4) is 0 Å². The highest BCUT2D eigenvalue weighted by Gasteiger charge is 2.05. The number of halogens is 1. The van der Waals surface area contributed by atoms with Crippen molar-refractivity contribution in [3.63, 3.8) is 0 Å². The standard InChI is InChI=1S/C10H11BrN2O2S2/c1-17(14,15)5-4-12-10-13-8-3-2-7(11)6-9(8)16-10/h2-3,6H,4-5H2,1H3,(H,12,13). The molecular weight excluding hydrogens is 324 g/mol. The van der Waals surface area contributed by atoms with Crippen LogP contribution in [0.4, 0.5) is 5.13 Å². The van der Waals surface area contributed by atoms with E-state index in [4.69, 9.17) is 0 Å². The molecule has 17 heavy (non-hydrogen) atoms. The van der Waals surface area contributed by atoms with Crippen molar-refractivity contribution in [2.75, 3.05) is 23.9 Å². The summed E-state index contributed by atoms with van der Waals surface area (Å²) in [5.41, 5.74) is 0.917. The molecule has 0 spiro atoms. The largest absolute Gasteiger partial charge is 0.360 e. The van der Waals surface area contributed by atoms with Gasteiger partial charge in [0.15, 0.2) is 5.13 Å². The maximum absolute atomic E-state index is 11.0. The molecule has 92 valence electrons. The lowest BCUT2D eigenvalue weighted by atomic mass is 10.3. The van der Waals surface area contributed by atoms with Crippen LogP contribution in [0.15, 0.2) is 22.7 Å². The van der Waals surface area contributed by atoms with Crippen LogP contribution in [0.2, 0.25) is 0 Å². The van der Waals surface area contributed by atoms with Crippen molar-refractivity contribution in [3.8, 4) is 0 Å². The second-order valence-electron chi connectivity index (χ2n) is 3.69. The monoisotopic (exact) mass is 334 g/mol. The minimum atomic E-state index is -2.92. The summed E-state index contributed by atoms with van der Waals surface area (Å²) in [6, 6.07) is 5.86. The Hall–Kier alpha value is -0.660. The van der Waals surface area contributed by atoms with Crippen LogP contribution in [0.5, 0.6) is 0 Å². The summed E-state index contributed by atoms with van der Waals surface area (Å²) in [4.78, 5) is 4.37. The molecular formula is C10H11BrN2O2S2. The maximum Gasteiger partial charge on any atom is 0.183 e. The number of aromatic nitrogens is 1. The van der Waals surface area contributed by atoms with Crippen molar-refractivity contribution in [1.82, 2.24) is 4.98 Å². The number of hydrogen-bond donors (Lipinski definition) is 1. The molecule has 1 aromatic carbocycles. The van der Waals surface area contributed by atoms with Gasteiger partial charge in [0.05, 0.1) is 16.0 Å². The van der Waals surface area contributed by atoms with Crippen molar-refractivity contribution in [1.29, 1.82) is 0 Å². The molecule has 2 rings (SSSR count). The number of hydrogen-bond acceptors (Lipinski definition) is 5. The van der Waals surface area contributed by atoms with E-state index in [1.54, 1.807) is 0 Å². The molecule has 1 heterocycles. The molecule has 4 nitrogen and oxygen atoms in total. The first-order chi connectivity index (χ1) is 7.94. The molecule has 0 aliphatic rings. The fraction of sp³-hybridized carbons (Fsp3) is 0.300. The van der Waals surface area contributed by atoms with E-state index >= 15 is 0 Å². The average Bonchev–Trinajstić information content (AvgIpc) is 2.57. The van der Waals surface area contributed by atoms with Crippen molar-refractivity contribution < 1.29 is 8.42 Å². The van der Waals surface area contributed by atoms with Gasteiger partial charge in [0.1, 0.15) is 9.84 Å². The fourth-order valence-corrected chi connectivity index (χ4v) is 3.23. The molecule has 0 radical (unpaired) electrons. The Morgan fingerprint density at radius 1 is 1.47 bits per heavy atom. The van der Waals surface area contributed by atoms with Gasteiger partial charge >= 0.3 is 0 Å². The summed E-state index contributed by atoms with van der Waals surface area (Å²) in [6.45, 7) is 0.389. The van der Waals surface area contributed by atoms with E-state index in [0.29, 0.717) is 6.54 Å². The van der Waals surface area contributed by atoms with E-state index in [0.717, 1.165) is 19.8 Å². The topological polar surface area (TPSA) is 59.1 Å². The normalized spacial score (nSPS) is 11.9. The Bertz CT molecular complexity index is 637. The number of fused-ring (bicyclic) bond motifs is 1. The van der Waals surface area contributed by atoms with Crippen molar-refractivity contribution >= 4 is 52.5 Å². The third-order valence-corrected chi connectivity index (χ3v) is 4.51. The van der Waals surface area contributed by atoms with Crippen molar-refractivity contribution in [2.45, 2.75) is 0 Å². The van der Waals surface area contributed by atoms with Gasteiger partial charge < -0.3 is 5.32 Å². The second-order valence-corrected chi connectivity index (χ2v) is 7.89. The third kappa shape index (κ3) is 3.65.